The molecule has 0 fully saturated rings. The average Bonchev–Trinajstić information content (AvgIpc) is 3.10. The number of hydrogen-bond acceptors (Lipinski definition) is 3. The van der Waals surface area contributed by atoms with Gasteiger partial charge < -0.3 is 10.2 Å². The topological polar surface area (TPSA) is 78.1 Å². The number of benzene rings is 1. The Kier molecular flexibility index (Phi) is 3.01. The second-order valence-electron chi connectivity index (χ2n) is 6.12. The van der Waals surface area contributed by atoms with Crippen LogP contribution in [0.25, 0.3) is 0 Å². The van der Waals surface area contributed by atoms with Crippen LogP contribution in [0.2, 0.25) is 0 Å². The summed E-state index contributed by atoms with van der Waals surface area (Å²) in [7, 11) is 0. The quantitative estimate of drug-likeness (QED) is 0.912. The number of nitrogens with zero attached hydrogens (tertiary/aromatic N) is 2. The van der Waals surface area contributed by atoms with Gasteiger partial charge in [-0.1, -0.05) is 31.5 Å². The van der Waals surface area contributed by atoms with E-state index >= 15 is 0 Å². The number of carbonyl (C=O) groups is 2. The van der Waals surface area contributed by atoms with Crippen molar-refractivity contribution in [2.75, 3.05) is 16.8 Å². The Hall–Kier alpha value is -2.63. The first-order valence-corrected chi connectivity index (χ1v) is 7.93. The molecule has 0 aliphatic carbocycles. The summed E-state index contributed by atoms with van der Waals surface area (Å²) in [5.74, 6) is 0.341. The van der Waals surface area contributed by atoms with Gasteiger partial charge in [-0.3, -0.25) is 14.7 Å². The van der Waals surface area contributed by atoms with Crippen molar-refractivity contribution in [3.05, 3.63) is 41.6 Å². The molecule has 1 spiro atoms. The molecule has 23 heavy (non-hydrogen) atoms. The fourth-order valence-electron chi connectivity index (χ4n) is 3.72. The third kappa shape index (κ3) is 1.78. The minimum atomic E-state index is -0.949. The van der Waals surface area contributed by atoms with Crippen molar-refractivity contribution in [1.82, 2.24) is 10.2 Å². The van der Waals surface area contributed by atoms with Crippen molar-refractivity contribution < 1.29 is 9.59 Å². The van der Waals surface area contributed by atoms with Gasteiger partial charge in [-0.15, -0.1) is 0 Å². The lowest BCUT2D eigenvalue weighted by Gasteiger charge is -2.31. The predicted molar refractivity (Wildman–Crippen MR) is 86.3 cm³/mol. The number of para-hydroxylation sites is 1. The lowest BCUT2D eigenvalue weighted by Crippen LogP contribution is -2.46. The molecular formula is C17H18N4O2. The third-order valence-corrected chi connectivity index (χ3v) is 4.79. The molecule has 2 aliphatic rings. The summed E-state index contributed by atoms with van der Waals surface area (Å²) < 4.78 is 0. The van der Waals surface area contributed by atoms with Gasteiger partial charge >= 0.3 is 0 Å². The van der Waals surface area contributed by atoms with Crippen LogP contribution in [0, 0.1) is 0 Å². The van der Waals surface area contributed by atoms with E-state index in [2.05, 4.69) is 22.4 Å². The van der Waals surface area contributed by atoms with Crippen molar-refractivity contribution in [3.8, 4) is 0 Å². The molecule has 3 heterocycles. The van der Waals surface area contributed by atoms with Crippen LogP contribution in [0.15, 0.2) is 30.5 Å². The highest BCUT2D eigenvalue weighted by Crippen LogP contribution is 2.51. The Morgan fingerprint density at radius 3 is 2.91 bits per heavy atom. The van der Waals surface area contributed by atoms with Gasteiger partial charge in [0.15, 0.2) is 0 Å². The Morgan fingerprint density at radius 2 is 2.09 bits per heavy atom. The Labute approximate surface area is 133 Å². The molecule has 0 bridgehead atoms. The van der Waals surface area contributed by atoms with Gasteiger partial charge in [0.25, 0.3) is 0 Å². The highest BCUT2D eigenvalue weighted by Gasteiger charge is 2.56. The number of rotatable bonds is 3. The molecule has 2 amide bonds. The van der Waals surface area contributed by atoms with Gasteiger partial charge in [0.1, 0.15) is 11.2 Å². The number of aromatic nitrogens is 2. The zero-order chi connectivity index (χ0) is 16.0. The molecule has 1 aromatic carbocycles. The summed E-state index contributed by atoms with van der Waals surface area (Å²) in [6.07, 6.45) is 3.72. The molecule has 1 atom stereocenters. The van der Waals surface area contributed by atoms with Crippen LogP contribution < -0.4 is 10.2 Å². The van der Waals surface area contributed by atoms with Gasteiger partial charge in [-0.25, -0.2) is 0 Å². The molecule has 2 aliphatic heterocycles. The maximum atomic E-state index is 13.4. The van der Waals surface area contributed by atoms with Crippen molar-refractivity contribution in [1.29, 1.82) is 0 Å². The number of H-pyrrole nitrogens is 1. The molecule has 0 saturated carbocycles. The first-order chi connectivity index (χ1) is 11.2. The molecule has 2 aromatic rings. The molecule has 1 unspecified atom stereocenters. The molecule has 6 nitrogen and oxygen atoms in total. The number of aromatic amines is 1. The molecule has 2 N–H and O–H groups in total. The predicted octanol–water partition coefficient (Wildman–Crippen LogP) is 2.18. The molecule has 118 valence electrons. The number of fused-ring (bicyclic) bond motifs is 4. The molecule has 0 saturated heterocycles. The summed E-state index contributed by atoms with van der Waals surface area (Å²) >= 11 is 0. The summed E-state index contributed by atoms with van der Waals surface area (Å²) in [5.41, 5.74) is 1.62. The van der Waals surface area contributed by atoms with E-state index in [1.807, 2.05) is 29.2 Å². The van der Waals surface area contributed by atoms with Crippen molar-refractivity contribution >= 4 is 23.3 Å². The van der Waals surface area contributed by atoms with E-state index in [-0.39, 0.29) is 18.2 Å². The molecular weight excluding hydrogens is 292 g/mol. The first kappa shape index (κ1) is 14.0. The number of anilines is 2. The monoisotopic (exact) mass is 310 g/mol. The average molecular weight is 310 g/mol. The molecule has 0 radical (unpaired) electrons. The van der Waals surface area contributed by atoms with E-state index in [1.54, 1.807) is 6.20 Å². The van der Waals surface area contributed by atoms with Crippen LogP contribution >= 0.6 is 0 Å². The standard InChI is InChI=1S/C17H18N4O2/c1-2-3-8-21-13-7-5-4-6-11(13)17(16(21)23)9-14(22)19-15-12(17)10-18-20-15/h4-7,10H,2-3,8-9H2,1H3,(H2,18,19,20,22). The van der Waals surface area contributed by atoms with E-state index in [0.29, 0.717) is 12.4 Å². The smallest absolute Gasteiger partial charge is 0.242 e. The van der Waals surface area contributed by atoms with E-state index in [9.17, 15) is 9.59 Å². The highest BCUT2D eigenvalue weighted by atomic mass is 16.2. The fraction of sp³-hybridized carbons (Fsp3) is 0.353. The number of unbranched alkanes of at least 4 members (excludes halogenated alkanes) is 1. The second kappa shape index (κ2) is 4.94. The first-order valence-electron chi connectivity index (χ1n) is 7.93. The fourth-order valence-corrected chi connectivity index (χ4v) is 3.72. The van der Waals surface area contributed by atoms with Gasteiger partial charge in [-0.05, 0) is 18.1 Å². The molecule has 6 heteroatoms. The molecule has 4 rings (SSSR count). The normalized spacial score (nSPS) is 22.2. The van der Waals surface area contributed by atoms with Crippen LogP contribution in [-0.2, 0) is 15.0 Å². The maximum Gasteiger partial charge on any atom is 0.242 e. The maximum absolute atomic E-state index is 13.4. The highest BCUT2D eigenvalue weighted by molar-refractivity contribution is 6.15. The van der Waals surface area contributed by atoms with Crippen LogP contribution in [0.5, 0.6) is 0 Å². The Bertz CT molecular complexity index is 797. The van der Waals surface area contributed by atoms with Crippen LogP contribution in [-0.4, -0.2) is 28.6 Å². The minimum Gasteiger partial charge on any atom is -0.311 e. The minimum absolute atomic E-state index is 0.0235. The lowest BCUT2D eigenvalue weighted by atomic mass is 9.72. The van der Waals surface area contributed by atoms with Crippen LogP contribution in [0.4, 0.5) is 11.5 Å². The van der Waals surface area contributed by atoms with Crippen molar-refractivity contribution in [2.24, 2.45) is 0 Å². The van der Waals surface area contributed by atoms with E-state index in [4.69, 9.17) is 0 Å². The number of hydrogen-bond donors (Lipinski definition) is 2. The van der Waals surface area contributed by atoms with Crippen LogP contribution in [0.3, 0.4) is 0 Å². The van der Waals surface area contributed by atoms with Crippen LogP contribution in [0.1, 0.15) is 37.3 Å². The van der Waals surface area contributed by atoms with Crippen molar-refractivity contribution in [3.63, 3.8) is 0 Å². The Morgan fingerprint density at radius 1 is 1.26 bits per heavy atom. The van der Waals surface area contributed by atoms with E-state index in [0.717, 1.165) is 29.7 Å². The van der Waals surface area contributed by atoms with E-state index < -0.39 is 5.41 Å². The summed E-state index contributed by atoms with van der Waals surface area (Å²) in [5, 5.41) is 9.61. The second-order valence-corrected chi connectivity index (χ2v) is 6.12. The summed E-state index contributed by atoms with van der Waals surface area (Å²) in [6, 6.07) is 7.77. The summed E-state index contributed by atoms with van der Waals surface area (Å²) in [6.45, 7) is 2.77. The number of carbonyl (C=O) groups excluding carboxylic acids is 2. The SMILES string of the molecule is CCCCN1C(=O)C2(CC(=O)Nc3[nH]ncc32)c2ccccc21. The Balaban J connectivity index is 1.93. The van der Waals surface area contributed by atoms with Gasteiger partial charge in [0.05, 0.1) is 6.20 Å². The number of nitrogens with one attached hydrogen (secondary N) is 2. The summed E-state index contributed by atoms with van der Waals surface area (Å²) in [4.78, 5) is 27.4. The largest absolute Gasteiger partial charge is 0.311 e. The lowest BCUT2D eigenvalue weighted by molar-refractivity contribution is -0.126. The van der Waals surface area contributed by atoms with E-state index in [1.165, 1.54) is 0 Å². The zero-order valence-electron chi connectivity index (χ0n) is 12.9. The third-order valence-electron chi connectivity index (χ3n) is 4.79. The molecule has 1 aromatic heterocycles. The van der Waals surface area contributed by atoms with Gasteiger partial charge in [-0.2, -0.15) is 5.10 Å². The van der Waals surface area contributed by atoms with Gasteiger partial charge in [0, 0.05) is 24.2 Å². The van der Waals surface area contributed by atoms with Gasteiger partial charge in [0.2, 0.25) is 11.8 Å². The van der Waals surface area contributed by atoms with Crippen molar-refractivity contribution in [2.45, 2.75) is 31.6 Å². The number of amides is 2. The zero-order valence-corrected chi connectivity index (χ0v) is 12.9.